The first-order valence-corrected chi connectivity index (χ1v) is 20.1. The first kappa shape index (κ1) is 41.2. The van der Waals surface area contributed by atoms with Gasteiger partial charge in [0.25, 0.3) is 0 Å². The summed E-state index contributed by atoms with van der Waals surface area (Å²) in [6.07, 6.45) is 12.7. The van der Waals surface area contributed by atoms with Gasteiger partial charge in [-0.1, -0.05) is 97.5 Å². The Bertz CT molecular complexity index is 1000. The number of aliphatic hydroxyl groups excluding tert-OH is 2. The van der Waals surface area contributed by atoms with Gasteiger partial charge in [-0.05, 0) is 39.2 Å². The van der Waals surface area contributed by atoms with E-state index in [1.807, 2.05) is 11.9 Å². The number of unbranched alkanes of at least 4 members (excludes halogenated alkanes) is 11. The highest BCUT2D eigenvalue weighted by atomic mass is 35.5. The Hall–Kier alpha value is -0.950. The second kappa shape index (κ2) is 21.2. The lowest BCUT2D eigenvalue weighted by Crippen LogP contribution is -2.67. The third-order valence-electron chi connectivity index (χ3n) is 9.38. The molecule has 12 heteroatoms. The molecule has 10 nitrogen and oxygen atoms in total. The van der Waals surface area contributed by atoms with E-state index in [9.17, 15) is 23.4 Å². The fourth-order valence-electron chi connectivity index (χ4n) is 6.68. The largest absolute Gasteiger partial charge is 0.388 e. The number of carbonyl (C=O) groups is 1. The molecule has 0 radical (unpaired) electrons. The van der Waals surface area contributed by atoms with Crippen molar-refractivity contribution in [1.82, 2.24) is 10.2 Å². The predicted octanol–water partition coefficient (Wildman–Crippen LogP) is 5.63. The van der Waals surface area contributed by atoms with Gasteiger partial charge in [-0.25, -0.2) is 8.42 Å². The average Bonchev–Trinajstić information content (AvgIpc) is 3.36. The number of carbonyl (C=O) groups excluding carboxylic acids is 1. The SMILES string of the molecule is C=C(CCCCCCCCCCCCCC)OO[C@@H]1[C@@H](O)[C@@H](O)[C@@H]([C@H](NC(=O)[C@@H]2C[C@@H](CCC)CN2C)[C@H](C)Cl)O[C@@H]1S(C)(=O)=O. The zero-order chi connectivity index (χ0) is 34.3. The van der Waals surface area contributed by atoms with Crippen LogP contribution in [0.1, 0.15) is 124 Å². The summed E-state index contributed by atoms with van der Waals surface area (Å²) in [6.45, 7) is 10.6. The number of hydrogen-bond donors (Lipinski definition) is 3. The molecule has 2 aliphatic rings. The molecule has 0 saturated carbocycles. The zero-order valence-electron chi connectivity index (χ0n) is 29.0. The van der Waals surface area contributed by atoms with Gasteiger partial charge in [-0.3, -0.25) is 9.69 Å². The number of alkyl halides is 1. The first-order valence-electron chi connectivity index (χ1n) is 17.7. The number of rotatable bonds is 23. The molecule has 2 saturated heterocycles. The fourth-order valence-corrected chi connectivity index (χ4v) is 7.91. The Morgan fingerprint density at radius 2 is 1.57 bits per heavy atom. The van der Waals surface area contributed by atoms with E-state index < -0.39 is 51.1 Å². The number of sulfone groups is 1. The highest BCUT2D eigenvalue weighted by Gasteiger charge is 2.53. The van der Waals surface area contributed by atoms with Crippen LogP contribution in [-0.2, 0) is 29.1 Å². The number of amides is 1. The summed E-state index contributed by atoms with van der Waals surface area (Å²) >= 11 is 6.46. The van der Waals surface area contributed by atoms with E-state index in [1.165, 1.54) is 57.8 Å². The second-order valence-electron chi connectivity index (χ2n) is 13.7. The molecule has 0 bridgehead atoms. The molecule has 0 unspecified atom stereocenters. The minimum absolute atomic E-state index is 0.282. The van der Waals surface area contributed by atoms with E-state index >= 15 is 0 Å². The molecule has 0 spiro atoms. The lowest BCUT2D eigenvalue weighted by Gasteiger charge is -2.44. The number of aliphatic hydroxyl groups is 2. The van der Waals surface area contributed by atoms with Crippen molar-refractivity contribution in [1.29, 1.82) is 0 Å². The van der Waals surface area contributed by atoms with E-state index in [2.05, 4.69) is 25.7 Å². The molecule has 0 aromatic carbocycles. The first-order chi connectivity index (χ1) is 21.8. The number of likely N-dealkylation sites (N-methyl/N-ethyl adjacent to an activating group) is 1. The molecule has 2 fully saturated rings. The van der Waals surface area contributed by atoms with Crippen LogP contribution in [0.4, 0.5) is 0 Å². The van der Waals surface area contributed by atoms with Crippen molar-refractivity contribution in [2.45, 2.75) is 171 Å². The van der Waals surface area contributed by atoms with Gasteiger partial charge in [0.05, 0.1) is 17.5 Å². The van der Waals surface area contributed by atoms with Crippen LogP contribution < -0.4 is 5.32 Å². The Labute approximate surface area is 283 Å². The van der Waals surface area contributed by atoms with Crippen LogP contribution in [0, 0.1) is 5.92 Å². The van der Waals surface area contributed by atoms with Gasteiger partial charge < -0.3 is 25.2 Å². The van der Waals surface area contributed by atoms with Crippen molar-refractivity contribution >= 4 is 27.3 Å². The normalized spacial score (nSPS) is 28.6. The van der Waals surface area contributed by atoms with Gasteiger partial charge in [0.15, 0.2) is 21.4 Å². The molecule has 0 aromatic heterocycles. The number of nitrogens with one attached hydrogen (secondary N) is 1. The summed E-state index contributed by atoms with van der Waals surface area (Å²) in [7, 11) is -2.08. The van der Waals surface area contributed by atoms with E-state index in [0.29, 0.717) is 24.5 Å². The van der Waals surface area contributed by atoms with Gasteiger partial charge in [0.2, 0.25) is 5.91 Å². The molecule has 2 aliphatic heterocycles. The molecular formula is C34H63ClN2O8S. The second-order valence-corrected chi connectivity index (χ2v) is 16.5. The quantitative estimate of drug-likeness (QED) is 0.0409. The zero-order valence-corrected chi connectivity index (χ0v) is 30.6. The standard InChI is InChI=1S/C34H63ClN2O8S/c1-7-9-10-11-12-13-14-15-16-17-18-19-21-24(3)44-45-32-30(39)29(38)31(43-34(32)46(6,41)42)28(25(4)35)36-33(40)27-22-26(20-8-2)23-37(27)5/h25-32,34,38-39H,3,7-23H2,1-2,4-6H3,(H,36,40)/t25-,26+,27-,28+,29+,30-,31+,32+,34+/m0/s1. The van der Waals surface area contributed by atoms with Crippen molar-refractivity contribution in [3.05, 3.63) is 12.3 Å². The third kappa shape index (κ3) is 13.5. The monoisotopic (exact) mass is 694 g/mol. The molecule has 1 amide bonds. The summed E-state index contributed by atoms with van der Waals surface area (Å²) in [4.78, 5) is 26.0. The molecule has 2 heterocycles. The van der Waals surface area contributed by atoms with Crippen molar-refractivity contribution in [2.24, 2.45) is 5.92 Å². The van der Waals surface area contributed by atoms with E-state index in [1.54, 1.807) is 6.92 Å². The number of ether oxygens (including phenoxy) is 1. The topological polar surface area (TPSA) is 135 Å². The molecular weight excluding hydrogens is 632 g/mol. The maximum absolute atomic E-state index is 13.3. The summed E-state index contributed by atoms with van der Waals surface area (Å²) in [5, 5.41) is 24.3. The predicted molar refractivity (Wildman–Crippen MR) is 183 cm³/mol. The fraction of sp³-hybridized carbons (Fsp3) is 0.912. The van der Waals surface area contributed by atoms with Crippen LogP contribution in [0.3, 0.4) is 0 Å². The smallest absolute Gasteiger partial charge is 0.237 e. The minimum Gasteiger partial charge on any atom is -0.388 e. The lowest BCUT2D eigenvalue weighted by molar-refractivity contribution is -0.350. The molecule has 270 valence electrons. The number of hydrogen-bond acceptors (Lipinski definition) is 9. The van der Waals surface area contributed by atoms with E-state index in [-0.39, 0.29) is 11.9 Å². The minimum atomic E-state index is -3.97. The van der Waals surface area contributed by atoms with Crippen molar-refractivity contribution in [2.75, 3.05) is 19.8 Å². The Balaban J connectivity index is 1.87. The van der Waals surface area contributed by atoms with Gasteiger partial charge in [-0.2, -0.15) is 4.89 Å². The van der Waals surface area contributed by atoms with Crippen LogP contribution in [-0.4, -0.2) is 96.6 Å². The van der Waals surface area contributed by atoms with Gasteiger partial charge in [-0.15, -0.1) is 11.6 Å². The van der Waals surface area contributed by atoms with Crippen molar-refractivity contribution in [3.8, 4) is 0 Å². The molecule has 0 aromatic rings. The Morgan fingerprint density at radius 3 is 2.09 bits per heavy atom. The molecule has 9 atom stereocenters. The molecule has 3 N–H and O–H groups in total. The van der Waals surface area contributed by atoms with Crippen LogP contribution in [0.15, 0.2) is 12.3 Å². The van der Waals surface area contributed by atoms with Crippen LogP contribution in [0.2, 0.25) is 0 Å². The average molecular weight is 695 g/mol. The summed E-state index contributed by atoms with van der Waals surface area (Å²) in [5.74, 6) is 0.415. The van der Waals surface area contributed by atoms with Gasteiger partial charge in [0.1, 0.15) is 24.1 Å². The Kier molecular flexibility index (Phi) is 19.0. The maximum atomic E-state index is 13.3. The highest BCUT2D eigenvalue weighted by molar-refractivity contribution is 7.91. The molecule has 0 aliphatic carbocycles. The summed E-state index contributed by atoms with van der Waals surface area (Å²) in [5.41, 5.74) is -1.67. The number of nitrogens with zero attached hydrogens (tertiary/aromatic N) is 1. The van der Waals surface area contributed by atoms with Gasteiger partial charge >= 0.3 is 0 Å². The van der Waals surface area contributed by atoms with Gasteiger partial charge in [0, 0.05) is 19.2 Å². The van der Waals surface area contributed by atoms with Crippen molar-refractivity contribution < 1.29 is 37.9 Å². The summed E-state index contributed by atoms with van der Waals surface area (Å²) in [6, 6.07) is -1.37. The summed E-state index contributed by atoms with van der Waals surface area (Å²) < 4.78 is 31.5. The van der Waals surface area contributed by atoms with Crippen LogP contribution in [0.5, 0.6) is 0 Å². The number of halogens is 1. The third-order valence-corrected chi connectivity index (χ3v) is 10.9. The molecule has 2 rings (SSSR count). The lowest BCUT2D eigenvalue weighted by atomic mass is 9.92. The maximum Gasteiger partial charge on any atom is 0.237 e. The number of likely N-dealkylation sites (tertiary alicyclic amines) is 1. The number of allylic oxidation sites excluding steroid dienone is 1. The van der Waals surface area contributed by atoms with Crippen LogP contribution >= 0.6 is 11.6 Å². The van der Waals surface area contributed by atoms with Crippen LogP contribution in [0.25, 0.3) is 0 Å². The van der Waals surface area contributed by atoms with E-state index in [4.69, 9.17) is 26.1 Å². The molecule has 46 heavy (non-hydrogen) atoms. The highest BCUT2D eigenvalue weighted by Crippen LogP contribution is 2.32. The van der Waals surface area contributed by atoms with Crippen molar-refractivity contribution in [3.63, 3.8) is 0 Å². The van der Waals surface area contributed by atoms with E-state index in [0.717, 1.165) is 44.9 Å². The Morgan fingerprint density at radius 1 is 1.00 bits per heavy atom.